The lowest BCUT2D eigenvalue weighted by Gasteiger charge is -2.19. The molecule has 0 aliphatic heterocycles. The fourth-order valence-electron chi connectivity index (χ4n) is 2.07. The monoisotopic (exact) mass is 300 g/mol. The first-order valence-corrected chi connectivity index (χ1v) is 8.36. The third-order valence-corrected chi connectivity index (χ3v) is 3.45. The molecule has 0 bridgehead atoms. The highest BCUT2D eigenvalue weighted by atomic mass is 16.5. The molecule has 0 saturated heterocycles. The van der Waals surface area contributed by atoms with Crippen LogP contribution in [0.5, 0.6) is 0 Å². The highest BCUT2D eigenvalue weighted by Gasteiger charge is 2.15. The van der Waals surface area contributed by atoms with Crippen molar-refractivity contribution in [2.24, 2.45) is 5.92 Å². The number of esters is 2. The average molecular weight is 300 g/mol. The fourth-order valence-corrected chi connectivity index (χ4v) is 2.07. The van der Waals surface area contributed by atoms with Gasteiger partial charge in [0.1, 0.15) is 6.10 Å². The SMILES string of the molecule is CCCCCOC(=O)CCCCC(=O)OC(CC)C(C)C. The van der Waals surface area contributed by atoms with Crippen LogP contribution in [0.2, 0.25) is 0 Å². The Labute approximate surface area is 129 Å². The lowest BCUT2D eigenvalue weighted by molar-refractivity contribution is -0.152. The Morgan fingerprint density at radius 3 is 2.05 bits per heavy atom. The largest absolute Gasteiger partial charge is 0.466 e. The van der Waals surface area contributed by atoms with E-state index in [0.717, 1.165) is 25.7 Å². The lowest BCUT2D eigenvalue weighted by Crippen LogP contribution is -2.22. The molecular weight excluding hydrogens is 268 g/mol. The van der Waals surface area contributed by atoms with Gasteiger partial charge in [0, 0.05) is 12.8 Å². The predicted molar refractivity (Wildman–Crippen MR) is 84.0 cm³/mol. The van der Waals surface area contributed by atoms with Crippen LogP contribution in [0.4, 0.5) is 0 Å². The summed E-state index contributed by atoms with van der Waals surface area (Å²) in [6.07, 6.45) is 6.11. The molecule has 0 amide bonds. The van der Waals surface area contributed by atoms with Crippen molar-refractivity contribution < 1.29 is 19.1 Å². The van der Waals surface area contributed by atoms with E-state index in [1.165, 1.54) is 0 Å². The molecule has 4 nitrogen and oxygen atoms in total. The van der Waals surface area contributed by atoms with Crippen LogP contribution in [0, 0.1) is 5.92 Å². The summed E-state index contributed by atoms with van der Waals surface area (Å²) in [6.45, 7) is 8.75. The third-order valence-electron chi connectivity index (χ3n) is 3.45. The molecule has 1 unspecified atom stereocenters. The number of hydrogen-bond donors (Lipinski definition) is 0. The maximum absolute atomic E-state index is 11.7. The van der Waals surface area contributed by atoms with Crippen molar-refractivity contribution in [1.29, 1.82) is 0 Å². The highest BCUT2D eigenvalue weighted by molar-refractivity contribution is 5.70. The molecule has 0 aliphatic rings. The Bertz CT molecular complexity index is 287. The van der Waals surface area contributed by atoms with Gasteiger partial charge >= 0.3 is 11.9 Å². The standard InChI is InChI=1S/C17H32O4/c1-5-7-10-13-20-16(18)11-8-9-12-17(19)21-15(6-2)14(3)4/h14-15H,5-13H2,1-4H3. The first kappa shape index (κ1) is 19.9. The van der Waals surface area contributed by atoms with E-state index in [-0.39, 0.29) is 18.0 Å². The van der Waals surface area contributed by atoms with Crippen LogP contribution >= 0.6 is 0 Å². The molecule has 0 saturated carbocycles. The summed E-state index contributed by atoms with van der Waals surface area (Å²) in [6, 6.07) is 0. The van der Waals surface area contributed by atoms with Gasteiger partial charge in [0.05, 0.1) is 6.61 Å². The van der Waals surface area contributed by atoms with E-state index in [1.54, 1.807) is 0 Å². The van der Waals surface area contributed by atoms with Crippen LogP contribution in [0.25, 0.3) is 0 Å². The molecule has 0 fully saturated rings. The quantitative estimate of drug-likeness (QED) is 0.399. The summed E-state index contributed by atoms with van der Waals surface area (Å²) in [7, 11) is 0. The van der Waals surface area contributed by atoms with Gasteiger partial charge < -0.3 is 9.47 Å². The molecule has 4 heteroatoms. The Morgan fingerprint density at radius 1 is 0.905 bits per heavy atom. The summed E-state index contributed by atoms with van der Waals surface area (Å²) < 4.78 is 10.5. The van der Waals surface area contributed by atoms with Crippen molar-refractivity contribution in [1.82, 2.24) is 0 Å². The molecule has 0 N–H and O–H groups in total. The number of carbonyl (C=O) groups excluding carboxylic acids is 2. The summed E-state index contributed by atoms with van der Waals surface area (Å²) in [5.41, 5.74) is 0. The van der Waals surface area contributed by atoms with Gasteiger partial charge in [-0.2, -0.15) is 0 Å². The average Bonchev–Trinajstić information content (AvgIpc) is 2.45. The van der Waals surface area contributed by atoms with Crippen molar-refractivity contribution >= 4 is 11.9 Å². The van der Waals surface area contributed by atoms with Gasteiger partial charge in [0.25, 0.3) is 0 Å². The van der Waals surface area contributed by atoms with Crippen LogP contribution in [-0.4, -0.2) is 24.6 Å². The van der Waals surface area contributed by atoms with Crippen LogP contribution in [0.1, 0.15) is 79.1 Å². The highest BCUT2D eigenvalue weighted by Crippen LogP contribution is 2.12. The summed E-state index contributed by atoms with van der Waals surface area (Å²) in [5.74, 6) is 0.0250. The maximum Gasteiger partial charge on any atom is 0.306 e. The molecule has 0 aliphatic carbocycles. The molecule has 0 heterocycles. The van der Waals surface area contributed by atoms with E-state index in [4.69, 9.17) is 9.47 Å². The second-order valence-corrected chi connectivity index (χ2v) is 5.82. The molecule has 0 spiro atoms. The smallest absolute Gasteiger partial charge is 0.306 e. The number of hydrogen-bond acceptors (Lipinski definition) is 4. The molecule has 1 atom stereocenters. The van der Waals surface area contributed by atoms with E-state index < -0.39 is 0 Å². The Kier molecular flexibility index (Phi) is 12.0. The second kappa shape index (κ2) is 12.7. The Hall–Kier alpha value is -1.06. The number of carbonyl (C=O) groups is 2. The molecule has 0 rings (SSSR count). The topological polar surface area (TPSA) is 52.6 Å². The van der Waals surface area contributed by atoms with Crippen molar-refractivity contribution in [3.63, 3.8) is 0 Å². The van der Waals surface area contributed by atoms with Crippen molar-refractivity contribution in [3.8, 4) is 0 Å². The molecule has 124 valence electrons. The predicted octanol–water partition coefficient (Wildman–Crippen LogP) is 4.26. The minimum atomic E-state index is -0.160. The summed E-state index contributed by atoms with van der Waals surface area (Å²) in [4.78, 5) is 23.1. The molecule has 0 aromatic rings. The first-order chi connectivity index (χ1) is 10.0. The zero-order valence-corrected chi connectivity index (χ0v) is 14.2. The van der Waals surface area contributed by atoms with Gasteiger partial charge in [-0.15, -0.1) is 0 Å². The van der Waals surface area contributed by atoms with Crippen molar-refractivity contribution in [2.75, 3.05) is 6.61 Å². The van der Waals surface area contributed by atoms with E-state index >= 15 is 0 Å². The second-order valence-electron chi connectivity index (χ2n) is 5.82. The Morgan fingerprint density at radius 2 is 1.52 bits per heavy atom. The molecule has 0 aromatic carbocycles. The van der Waals surface area contributed by atoms with E-state index in [0.29, 0.717) is 38.2 Å². The van der Waals surface area contributed by atoms with Gasteiger partial charge in [-0.3, -0.25) is 9.59 Å². The van der Waals surface area contributed by atoms with Crippen LogP contribution < -0.4 is 0 Å². The van der Waals surface area contributed by atoms with Gasteiger partial charge in [0.15, 0.2) is 0 Å². The third kappa shape index (κ3) is 11.3. The maximum atomic E-state index is 11.7. The van der Waals surface area contributed by atoms with Crippen LogP contribution in [0.15, 0.2) is 0 Å². The van der Waals surface area contributed by atoms with E-state index in [2.05, 4.69) is 20.8 Å². The molecule has 0 radical (unpaired) electrons. The van der Waals surface area contributed by atoms with Gasteiger partial charge in [-0.1, -0.05) is 40.5 Å². The summed E-state index contributed by atoms with van der Waals surface area (Å²) in [5, 5.41) is 0. The molecular formula is C17H32O4. The molecule has 21 heavy (non-hydrogen) atoms. The molecule has 0 aromatic heterocycles. The first-order valence-electron chi connectivity index (χ1n) is 8.36. The summed E-state index contributed by atoms with van der Waals surface area (Å²) >= 11 is 0. The van der Waals surface area contributed by atoms with E-state index in [1.807, 2.05) is 6.92 Å². The van der Waals surface area contributed by atoms with E-state index in [9.17, 15) is 9.59 Å². The van der Waals surface area contributed by atoms with Crippen molar-refractivity contribution in [2.45, 2.75) is 85.2 Å². The van der Waals surface area contributed by atoms with Crippen LogP contribution in [-0.2, 0) is 19.1 Å². The number of unbranched alkanes of at least 4 members (excludes halogenated alkanes) is 3. The zero-order valence-electron chi connectivity index (χ0n) is 14.2. The normalized spacial score (nSPS) is 12.2. The minimum Gasteiger partial charge on any atom is -0.466 e. The van der Waals surface area contributed by atoms with Gasteiger partial charge in [-0.25, -0.2) is 0 Å². The van der Waals surface area contributed by atoms with Gasteiger partial charge in [-0.05, 0) is 31.6 Å². The van der Waals surface area contributed by atoms with Crippen LogP contribution in [0.3, 0.4) is 0 Å². The van der Waals surface area contributed by atoms with Gasteiger partial charge in [0.2, 0.25) is 0 Å². The zero-order chi connectivity index (χ0) is 16.1. The fraction of sp³-hybridized carbons (Fsp3) is 0.882. The number of ether oxygens (including phenoxy) is 2. The lowest BCUT2D eigenvalue weighted by atomic mass is 10.1. The number of rotatable bonds is 12. The van der Waals surface area contributed by atoms with Crippen molar-refractivity contribution in [3.05, 3.63) is 0 Å². The Balaban J connectivity index is 3.61. The minimum absolute atomic E-state index is 0.000955.